The van der Waals surface area contributed by atoms with E-state index in [0.29, 0.717) is 5.76 Å². The summed E-state index contributed by atoms with van der Waals surface area (Å²) in [7, 11) is 1.27. The Morgan fingerprint density at radius 3 is 2.52 bits per heavy atom. The maximum absolute atomic E-state index is 12.1. The number of amides is 1. The lowest BCUT2D eigenvalue weighted by atomic mass is 10.1. The predicted octanol–water partition coefficient (Wildman–Crippen LogP) is 3.39. The van der Waals surface area contributed by atoms with Crippen LogP contribution < -0.4 is 5.32 Å². The van der Waals surface area contributed by atoms with E-state index in [1.54, 1.807) is 6.92 Å². The van der Waals surface area contributed by atoms with Gasteiger partial charge in [-0.25, -0.2) is 14.6 Å². The van der Waals surface area contributed by atoms with Gasteiger partial charge in [-0.05, 0) is 18.4 Å². The molecule has 2 aromatic rings. The number of aromatic nitrogens is 1. The Bertz CT molecular complexity index is 724. The minimum absolute atomic E-state index is 0.0205. The molecule has 7 heteroatoms. The van der Waals surface area contributed by atoms with Gasteiger partial charge in [0.2, 0.25) is 5.89 Å². The molecule has 134 valence electrons. The third-order valence-corrected chi connectivity index (χ3v) is 3.61. The zero-order valence-electron chi connectivity index (χ0n) is 14.7. The molecule has 1 heterocycles. The Hall–Kier alpha value is -2.83. The molecule has 1 amide bonds. The molecule has 7 nitrogen and oxygen atoms in total. The van der Waals surface area contributed by atoms with Crippen molar-refractivity contribution >= 4 is 12.1 Å². The lowest BCUT2D eigenvalue weighted by Crippen LogP contribution is -2.32. The first-order valence-corrected chi connectivity index (χ1v) is 7.95. The third-order valence-electron chi connectivity index (χ3n) is 3.61. The fourth-order valence-corrected chi connectivity index (χ4v) is 2.24. The largest absolute Gasteiger partial charge is 0.464 e. The smallest absolute Gasteiger partial charge is 0.408 e. The van der Waals surface area contributed by atoms with Gasteiger partial charge in [-0.1, -0.05) is 44.2 Å². The molecule has 0 aliphatic heterocycles. The average molecular weight is 346 g/mol. The summed E-state index contributed by atoms with van der Waals surface area (Å²) in [5.74, 6) is -0.0222. The van der Waals surface area contributed by atoms with E-state index in [9.17, 15) is 9.59 Å². The molecular formula is C18H22N2O5. The van der Waals surface area contributed by atoms with Crippen molar-refractivity contribution in [3.8, 4) is 0 Å². The highest BCUT2D eigenvalue weighted by Crippen LogP contribution is 2.24. The minimum Gasteiger partial charge on any atom is -0.464 e. The summed E-state index contributed by atoms with van der Waals surface area (Å²) in [5, 5.41) is 2.73. The molecule has 0 radical (unpaired) electrons. The number of methoxy groups -OCH3 is 1. The van der Waals surface area contributed by atoms with Crippen LogP contribution in [-0.4, -0.2) is 24.2 Å². The first-order chi connectivity index (χ1) is 11.9. The second-order valence-electron chi connectivity index (χ2n) is 5.88. The van der Waals surface area contributed by atoms with E-state index in [2.05, 4.69) is 15.0 Å². The van der Waals surface area contributed by atoms with E-state index in [4.69, 9.17) is 9.15 Å². The van der Waals surface area contributed by atoms with Crippen LogP contribution in [0.1, 0.15) is 47.6 Å². The molecule has 0 spiro atoms. The van der Waals surface area contributed by atoms with Crippen molar-refractivity contribution < 1.29 is 23.5 Å². The summed E-state index contributed by atoms with van der Waals surface area (Å²) >= 11 is 0. The molecule has 2 rings (SSSR count). The molecule has 0 aliphatic carbocycles. The SMILES string of the molecule is COC(=O)c1nc([C@H](NC(=O)OCc2ccccc2)C(C)C)oc1C. The van der Waals surface area contributed by atoms with Crippen molar-refractivity contribution in [3.63, 3.8) is 0 Å². The van der Waals surface area contributed by atoms with Gasteiger partial charge in [0, 0.05) is 0 Å². The molecule has 1 N–H and O–H groups in total. The number of alkyl carbamates (subject to hydrolysis) is 1. The van der Waals surface area contributed by atoms with Gasteiger partial charge in [0.1, 0.15) is 18.4 Å². The molecule has 1 aromatic carbocycles. The van der Waals surface area contributed by atoms with Crippen molar-refractivity contribution in [1.82, 2.24) is 10.3 Å². The molecule has 1 aromatic heterocycles. The first-order valence-electron chi connectivity index (χ1n) is 7.95. The highest BCUT2D eigenvalue weighted by Gasteiger charge is 2.27. The summed E-state index contributed by atoms with van der Waals surface area (Å²) in [6.07, 6.45) is -0.585. The second-order valence-corrected chi connectivity index (χ2v) is 5.88. The fourth-order valence-electron chi connectivity index (χ4n) is 2.24. The molecule has 25 heavy (non-hydrogen) atoms. The maximum Gasteiger partial charge on any atom is 0.408 e. The van der Waals surface area contributed by atoms with Crippen LogP contribution in [0.25, 0.3) is 0 Å². The van der Waals surface area contributed by atoms with Crippen molar-refractivity contribution in [2.75, 3.05) is 7.11 Å². The van der Waals surface area contributed by atoms with Crippen LogP contribution in [0, 0.1) is 12.8 Å². The molecule has 0 aliphatic rings. The number of aryl methyl sites for hydroxylation is 1. The predicted molar refractivity (Wildman–Crippen MR) is 89.9 cm³/mol. The van der Waals surface area contributed by atoms with Gasteiger partial charge >= 0.3 is 12.1 Å². The minimum atomic E-state index is -0.585. The number of carbonyl (C=O) groups is 2. The summed E-state index contributed by atoms with van der Waals surface area (Å²) in [6, 6.07) is 8.85. The van der Waals surface area contributed by atoms with Crippen molar-refractivity contribution in [3.05, 3.63) is 53.2 Å². The van der Waals surface area contributed by atoms with Crippen LogP contribution in [0.4, 0.5) is 4.79 Å². The maximum atomic E-state index is 12.1. The van der Waals surface area contributed by atoms with Crippen molar-refractivity contribution in [2.24, 2.45) is 5.92 Å². The number of nitrogens with zero attached hydrogens (tertiary/aromatic N) is 1. The van der Waals surface area contributed by atoms with Crippen LogP contribution in [0.15, 0.2) is 34.7 Å². The summed E-state index contributed by atoms with van der Waals surface area (Å²) in [6.45, 7) is 5.59. The van der Waals surface area contributed by atoms with Gasteiger partial charge in [0.05, 0.1) is 7.11 Å². The fraction of sp³-hybridized carbons (Fsp3) is 0.389. The first kappa shape index (κ1) is 18.5. The molecule has 1 atom stereocenters. The van der Waals surface area contributed by atoms with E-state index in [1.807, 2.05) is 44.2 Å². The summed E-state index contributed by atoms with van der Waals surface area (Å²) < 4.78 is 15.4. The van der Waals surface area contributed by atoms with Gasteiger partial charge in [-0.3, -0.25) is 0 Å². The zero-order valence-corrected chi connectivity index (χ0v) is 14.7. The van der Waals surface area contributed by atoms with Crippen molar-refractivity contribution in [1.29, 1.82) is 0 Å². The molecule has 0 saturated carbocycles. The van der Waals surface area contributed by atoms with Gasteiger partial charge in [0.15, 0.2) is 5.69 Å². The van der Waals surface area contributed by atoms with Gasteiger partial charge in [-0.15, -0.1) is 0 Å². The molecular weight excluding hydrogens is 324 g/mol. The third kappa shape index (κ3) is 4.82. The summed E-state index contributed by atoms with van der Waals surface area (Å²) in [5.41, 5.74) is 0.987. The van der Waals surface area contributed by atoms with E-state index in [1.165, 1.54) is 7.11 Å². The number of rotatable bonds is 6. The number of benzene rings is 1. The van der Waals surface area contributed by atoms with Gasteiger partial charge < -0.3 is 19.2 Å². The standard InChI is InChI=1S/C18H22N2O5/c1-11(2)14(16-19-15(12(3)25-16)17(21)23-4)20-18(22)24-10-13-8-6-5-7-9-13/h5-9,11,14H,10H2,1-4H3,(H,20,22)/t14-/m1/s1. The van der Waals surface area contributed by atoms with E-state index in [-0.39, 0.29) is 24.1 Å². The van der Waals surface area contributed by atoms with Crippen LogP contribution in [0.2, 0.25) is 0 Å². The second kappa shape index (κ2) is 8.32. The highest BCUT2D eigenvalue weighted by atomic mass is 16.5. The highest BCUT2D eigenvalue weighted by molar-refractivity contribution is 5.88. The van der Waals surface area contributed by atoms with E-state index in [0.717, 1.165) is 5.56 Å². The van der Waals surface area contributed by atoms with Gasteiger partial charge in [0.25, 0.3) is 0 Å². The number of carbonyl (C=O) groups excluding carboxylic acids is 2. The molecule has 0 saturated heterocycles. The lowest BCUT2D eigenvalue weighted by molar-refractivity contribution is 0.0592. The monoisotopic (exact) mass is 346 g/mol. The Labute approximate surface area is 146 Å². The number of nitrogens with one attached hydrogen (secondary N) is 1. The van der Waals surface area contributed by atoms with Crippen LogP contribution in [0.5, 0.6) is 0 Å². The van der Waals surface area contributed by atoms with Crippen LogP contribution >= 0.6 is 0 Å². The lowest BCUT2D eigenvalue weighted by Gasteiger charge is -2.19. The Balaban J connectivity index is 2.05. The van der Waals surface area contributed by atoms with Gasteiger partial charge in [-0.2, -0.15) is 0 Å². The molecule has 0 bridgehead atoms. The van der Waals surface area contributed by atoms with Crippen LogP contribution in [0.3, 0.4) is 0 Å². The van der Waals surface area contributed by atoms with Crippen molar-refractivity contribution in [2.45, 2.75) is 33.4 Å². The summed E-state index contributed by atoms with van der Waals surface area (Å²) in [4.78, 5) is 27.9. The Morgan fingerprint density at radius 2 is 1.92 bits per heavy atom. The molecule has 0 fully saturated rings. The number of hydrogen-bond donors (Lipinski definition) is 1. The van der Waals surface area contributed by atoms with E-state index < -0.39 is 18.1 Å². The van der Waals surface area contributed by atoms with E-state index >= 15 is 0 Å². The Morgan fingerprint density at radius 1 is 1.24 bits per heavy atom. The quantitative estimate of drug-likeness (QED) is 0.806. The van der Waals surface area contributed by atoms with Crippen LogP contribution in [-0.2, 0) is 16.1 Å². The Kier molecular flexibility index (Phi) is 6.16. The zero-order chi connectivity index (χ0) is 18.4. The number of oxazole rings is 1. The normalized spacial score (nSPS) is 11.9. The topological polar surface area (TPSA) is 90.7 Å². The number of ether oxygens (including phenoxy) is 2. The molecule has 0 unspecified atom stereocenters. The number of esters is 1. The number of hydrogen-bond acceptors (Lipinski definition) is 6. The average Bonchev–Trinajstić information content (AvgIpc) is 2.99.